The minimum Gasteiger partial charge on any atom is -0.467 e. The van der Waals surface area contributed by atoms with Crippen LogP contribution in [0.1, 0.15) is 5.76 Å². The first kappa shape index (κ1) is 10.2. The molecule has 0 atom stereocenters. The number of benzene rings is 1. The van der Waals surface area contributed by atoms with Gasteiger partial charge in [0.25, 0.3) is 0 Å². The second kappa shape index (κ2) is 3.82. The number of fused-ring (bicyclic) bond motifs is 1. The Morgan fingerprint density at radius 1 is 1.35 bits per heavy atom. The Morgan fingerprint density at radius 2 is 2.24 bits per heavy atom. The highest BCUT2D eigenvalue weighted by Crippen LogP contribution is 2.22. The third-order valence-electron chi connectivity index (χ3n) is 2.63. The van der Waals surface area contributed by atoms with E-state index in [9.17, 15) is 0 Å². The molecule has 2 aromatic heterocycles. The third kappa shape index (κ3) is 1.76. The topological polar surface area (TPSA) is 57.0 Å². The number of aromatic nitrogens is 2. The van der Waals surface area contributed by atoms with E-state index in [1.54, 1.807) is 12.3 Å². The van der Waals surface area contributed by atoms with Gasteiger partial charge in [-0.05, 0) is 30.3 Å². The normalized spacial score (nSPS) is 11.1. The molecular weight excluding hydrogens is 238 g/mol. The maximum atomic E-state index is 5.98. The van der Waals surface area contributed by atoms with Crippen molar-refractivity contribution >= 4 is 28.6 Å². The van der Waals surface area contributed by atoms with Crippen LogP contribution in [0.2, 0.25) is 5.02 Å². The molecule has 0 bridgehead atoms. The van der Waals surface area contributed by atoms with Crippen molar-refractivity contribution in [3.05, 3.63) is 47.4 Å². The van der Waals surface area contributed by atoms with Gasteiger partial charge in [0.1, 0.15) is 5.76 Å². The van der Waals surface area contributed by atoms with Crippen molar-refractivity contribution in [1.29, 1.82) is 0 Å². The predicted molar refractivity (Wildman–Crippen MR) is 67.0 cm³/mol. The fourth-order valence-corrected chi connectivity index (χ4v) is 2.01. The molecule has 0 spiro atoms. The molecule has 0 saturated carbocycles. The van der Waals surface area contributed by atoms with E-state index in [-0.39, 0.29) is 0 Å². The Labute approximate surface area is 103 Å². The van der Waals surface area contributed by atoms with Gasteiger partial charge in [0.2, 0.25) is 5.95 Å². The van der Waals surface area contributed by atoms with Crippen LogP contribution < -0.4 is 5.73 Å². The quantitative estimate of drug-likeness (QED) is 0.758. The van der Waals surface area contributed by atoms with Crippen LogP contribution in [-0.2, 0) is 6.54 Å². The maximum absolute atomic E-state index is 5.98. The molecule has 5 heteroatoms. The van der Waals surface area contributed by atoms with Gasteiger partial charge in [-0.25, -0.2) is 4.98 Å². The standard InChI is InChI=1S/C12H10ClN3O/c13-8-3-4-10-11(6-8)16(12(14)15-10)7-9-2-1-5-17-9/h1-6H,7H2,(H2,14,15). The molecule has 4 nitrogen and oxygen atoms in total. The zero-order valence-electron chi connectivity index (χ0n) is 8.93. The number of imidazole rings is 1. The van der Waals surface area contributed by atoms with E-state index in [2.05, 4.69) is 4.98 Å². The first-order valence-corrected chi connectivity index (χ1v) is 5.55. The summed E-state index contributed by atoms with van der Waals surface area (Å²) in [4.78, 5) is 4.28. The lowest BCUT2D eigenvalue weighted by Gasteiger charge is -2.03. The summed E-state index contributed by atoms with van der Waals surface area (Å²) in [6, 6.07) is 9.25. The van der Waals surface area contributed by atoms with Gasteiger partial charge in [-0.1, -0.05) is 11.6 Å². The maximum Gasteiger partial charge on any atom is 0.201 e. The fraction of sp³-hybridized carbons (Fsp3) is 0.0833. The molecule has 3 aromatic rings. The number of anilines is 1. The van der Waals surface area contributed by atoms with Gasteiger partial charge in [0, 0.05) is 5.02 Å². The highest BCUT2D eigenvalue weighted by molar-refractivity contribution is 6.31. The number of nitrogen functional groups attached to an aromatic ring is 1. The van der Waals surface area contributed by atoms with E-state index in [1.165, 1.54) is 0 Å². The van der Waals surface area contributed by atoms with Gasteiger partial charge < -0.3 is 14.7 Å². The molecular formula is C12H10ClN3O. The molecule has 0 aliphatic rings. The van der Waals surface area contributed by atoms with Gasteiger partial charge in [0.15, 0.2) is 0 Å². The first-order chi connectivity index (χ1) is 8.24. The Balaban J connectivity index is 2.14. The van der Waals surface area contributed by atoms with Crippen LogP contribution in [0.4, 0.5) is 5.95 Å². The minimum atomic E-state index is 0.457. The van der Waals surface area contributed by atoms with Crippen LogP contribution in [0.5, 0.6) is 0 Å². The summed E-state index contributed by atoms with van der Waals surface area (Å²) in [7, 11) is 0. The molecule has 0 fully saturated rings. The van der Waals surface area contributed by atoms with Crippen LogP contribution in [0.15, 0.2) is 41.0 Å². The van der Waals surface area contributed by atoms with Gasteiger partial charge in [-0.15, -0.1) is 0 Å². The lowest BCUT2D eigenvalue weighted by Crippen LogP contribution is -2.03. The van der Waals surface area contributed by atoms with Crippen molar-refractivity contribution in [1.82, 2.24) is 9.55 Å². The number of hydrogen-bond donors (Lipinski definition) is 1. The smallest absolute Gasteiger partial charge is 0.201 e. The average molecular weight is 248 g/mol. The Hall–Kier alpha value is -1.94. The van der Waals surface area contributed by atoms with E-state index in [0.29, 0.717) is 17.5 Å². The molecule has 86 valence electrons. The van der Waals surface area contributed by atoms with Crippen LogP contribution in [0.3, 0.4) is 0 Å². The Bertz CT molecular complexity index is 658. The number of furan rings is 1. The number of hydrogen-bond acceptors (Lipinski definition) is 3. The van der Waals surface area contributed by atoms with Crippen molar-refractivity contribution in [3.8, 4) is 0 Å². The SMILES string of the molecule is Nc1nc2ccc(Cl)cc2n1Cc1ccco1. The summed E-state index contributed by atoms with van der Waals surface area (Å²) < 4.78 is 7.18. The minimum absolute atomic E-state index is 0.457. The molecule has 0 unspecified atom stereocenters. The molecule has 0 aliphatic carbocycles. The summed E-state index contributed by atoms with van der Waals surface area (Å²) in [6.45, 7) is 0.551. The van der Waals surface area contributed by atoms with E-state index >= 15 is 0 Å². The molecule has 1 aromatic carbocycles. The van der Waals surface area contributed by atoms with E-state index < -0.39 is 0 Å². The zero-order chi connectivity index (χ0) is 11.8. The third-order valence-corrected chi connectivity index (χ3v) is 2.87. The molecule has 0 aliphatic heterocycles. The summed E-state index contributed by atoms with van der Waals surface area (Å²) >= 11 is 5.98. The van der Waals surface area contributed by atoms with E-state index in [4.69, 9.17) is 21.8 Å². The molecule has 17 heavy (non-hydrogen) atoms. The van der Waals surface area contributed by atoms with E-state index in [1.807, 2.05) is 28.8 Å². The predicted octanol–water partition coefficient (Wildman–Crippen LogP) is 2.91. The first-order valence-electron chi connectivity index (χ1n) is 5.18. The number of rotatable bonds is 2. The Morgan fingerprint density at radius 3 is 3.00 bits per heavy atom. The number of halogens is 1. The Kier molecular flexibility index (Phi) is 2.30. The monoisotopic (exact) mass is 247 g/mol. The molecule has 2 heterocycles. The summed E-state index contributed by atoms with van der Waals surface area (Å²) in [5.74, 6) is 1.29. The second-order valence-electron chi connectivity index (χ2n) is 3.77. The highest BCUT2D eigenvalue weighted by atomic mass is 35.5. The lowest BCUT2D eigenvalue weighted by molar-refractivity contribution is 0.497. The van der Waals surface area contributed by atoms with Crippen molar-refractivity contribution in [2.45, 2.75) is 6.54 Å². The highest BCUT2D eigenvalue weighted by Gasteiger charge is 2.09. The average Bonchev–Trinajstić information content (AvgIpc) is 2.90. The lowest BCUT2D eigenvalue weighted by atomic mass is 10.3. The van der Waals surface area contributed by atoms with Crippen molar-refractivity contribution < 1.29 is 4.42 Å². The van der Waals surface area contributed by atoms with Crippen molar-refractivity contribution in [2.24, 2.45) is 0 Å². The van der Waals surface area contributed by atoms with Crippen molar-refractivity contribution in [2.75, 3.05) is 5.73 Å². The number of nitrogens with zero attached hydrogens (tertiary/aromatic N) is 2. The molecule has 3 rings (SSSR count). The van der Waals surface area contributed by atoms with Crippen LogP contribution >= 0.6 is 11.6 Å². The van der Waals surface area contributed by atoms with Crippen LogP contribution in [0.25, 0.3) is 11.0 Å². The molecule has 0 radical (unpaired) electrons. The molecule has 2 N–H and O–H groups in total. The fourth-order valence-electron chi connectivity index (χ4n) is 1.84. The van der Waals surface area contributed by atoms with Gasteiger partial charge in [0.05, 0.1) is 23.8 Å². The largest absolute Gasteiger partial charge is 0.467 e. The van der Waals surface area contributed by atoms with Gasteiger partial charge in [-0.3, -0.25) is 0 Å². The van der Waals surface area contributed by atoms with E-state index in [0.717, 1.165) is 16.8 Å². The van der Waals surface area contributed by atoms with Crippen molar-refractivity contribution in [3.63, 3.8) is 0 Å². The van der Waals surface area contributed by atoms with Crippen LogP contribution in [-0.4, -0.2) is 9.55 Å². The van der Waals surface area contributed by atoms with Crippen LogP contribution in [0, 0.1) is 0 Å². The summed E-state index contributed by atoms with van der Waals surface area (Å²) in [6.07, 6.45) is 1.64. The molecule has 0 saturated heterocycles. The molecule has 0 amide bonds. The zero-order valence-corrected chi connectivity index (χ0v) is 9.69. The summed E-state index contributed by atoms with van der Waals surface area (Å²) in [5.41, 5.74) is 7.63. The van der Waals surface area contributed by atoms with Gasteiger partial charge >= 0.3 is 0 Å². The second-order valence-corrected chi connectivity index (χ2v) is 4.20. The number of nitrogens with two attached hydrogens (primary N) is 1. The van der Waals surface area contributed by atoms with Gasteiger partial charge in [-0.2, -0.15) is 0 Å². The summed E-state index contributed by atoms with van der Waals surface area (Å²) in [5, 5.41) is 0.665.